The van der Waals surface area contributed by atoms with Gasteiger partial charge in [0.25, 0.3) is 5.91 Å². The Morgan fingerprint density at radius 1 is 1.08 bits per heavy atom. The van der Waals surface area contributed by atoms with Crippen LogP contribution in [0, 0.1) is 0 Å². The number of benzene rings is 2. The van der Waals surface area contributed by atoms with Gasteiger partial charge in [0, 0.05) is 25.2 Å². The molecule has 1 N–H and O–H groups in total. The molecular weight excluding hydrogens is 352 g/mol. The summed E-state index contributed by atoms with van der Waals surface area (Å²) in [6.07, 6.45) is 0. The number of hydrogen-bond acceptors (Lipinski definition) is 4. The second kappa shape index (κ2) is 8.82. The summed E-state index contributed by atoms with van der Waals surface area (Å²) in [5.74, 6) is -0.0150. The van der Waals surface area contributed by atoms with E-state index in [9.17, 15) is 13.2 Å². The van der Waals surface area contributed by atoms with E-state index in [2.05, 4.69) is 4.72 Å². The first-order chi connectivity index (χ1) is 12.4. The smallest absolute Gasteiger partial charge is 0.253 e. The van der Waals surface area contributed by atoms with Gasteiger partial charge >= 0.3 is 0 Å². The van der Waals surface area contributed by atoms with Crippen LogP contribution in [0.3, 0.4) is 0 Å². The number of methoxy groups -OCH3 is 1. The van der Waals surface area contributed by atoms with Crippen molar-refractivity contribution < 1.29 is 17.9 Å². The highest BCUT2D eigenvalue weighted by atomic mass is 32.2. The van der Waals surface area contributed by atoms with Gasteiger partial charge in [-0.05, 0) is 37.6 Å². The van der Waals surface area contributed by atoms with E-state index in [0.29, 0.717) is 18.7 Å². The van der Waals surface area contributed by atoms with Gasteiger partial charge in [-0.2, -0.15) is 0 Å². The molecule has 0 bridgehead atoms. The highest BCUT2D eigenvalue weighted by Gasteiger charge is 2.22. The van der Waals surface area contributed by atoms with Crippen molar-refractivity contribution in [3.8, 4) is 5.75 Å². The summed E-state index contributed by atoms with van der Waals surface area (Å²) in [5.41, 5.74) is 1.15. The van der Waals surface area contributed by atoms with Crippen molar-refractivity contribution in [1.82, 2.24) is 9.62 Å². The Bertz CT molecular complexity index is 847. The van der Waals surface area contributed by atoms with Crippen molar-refractivity contribution in [2.24, 2.45) is 0 Å². The molecule has 0 aromatic heterocycles. The lowest BCUT2D eigenvalue weighted by atomic mass is 10.2. The third-order valence-electron chi connectivity index (χ3n) is 4.06. The standard InChI is InChI=1S/C19H24N2O4S/c1-4-21(5-2)19(22)16-11-12-17(25-3)18(13-16)26(23,24)20-14-15-9-7-6-8-10-15/h6-13,20H,4-5,14H2,1-3H3. The molecule has 0 spiro atoms. The van der Waals surface area contributed by atoms with Crippen molar-refractivity contribution in [3.63, 3.8) is 0 Å². The molecule has 0 saturated heterocycles. The van der Waals surface area contributed by atoms with E-state index in [1.165, 1.54) is 19.2 Å². The molecular formula is C19H24N2O4S. The molecule has 0 aliphatic rings. The number of rotatable bonds is 8. The van der Waals surface area contributed by atoms with Gasteiger partial charge < -0.3 is 9.64 Å². The van der Waals surface area contributed by atoms with Crippen LogP contribution in [-0.4, -0.2) is 39.4 Å². The van der Waals surface area contributed by atoms with Gasteiger partial charge in [0.15, 0.2) is 0 Å². The quantitative estimate of drug-likeness (QED) is 0.768. The van der Waals surface area contributed by atoms with Crippen LogP contribution < -0.4 is 9.46 Å². The molecule has 0 heterocycles. The maximum Gasteiger partial charge on any atom is 0.253 e. The molecule has 2 rings (SSSR count). The molecule has 140 valence electrons. The number of carbonyl (C=O) groups excluding carboxylic acids is 1. The van der Waals surface area contributed by atoms with Gasteiger partial charge in [0.2, 0.25) is 10.0 Å². The summed E-state index contributed by atoms with van der Waals surface area (Å²) < 4.78 is 33.3. The fourth-order valence-corrected chi connectivity index (χ4v) is 3.78. The van der Waals surface area contributed by atoms with Crippen LogP contribution in [0.2, 0.25) is 0 Å². The highest BCUT2D eigenvalue weighted by Crippen LogP contribution is 2.25. The van der Waals surface area contributed by atoms with E-state index in [0.717, 1.165) is 5.56 Å². The average Bonchev–Trinajstić information content (AvgIpc) is 2.67. The Kier molecular flexibility index (Phi) is 6.76. The largest absolute Gasteiger partial charge is 0.495 e. The van der Waals surface area contributed by atoms with Gasteiger partial charge in [0.1, 0.15) is 10.6 Å². The van der Waals surface area contributed by atoms with Gasteiger partial charge in [0.05, 0.1) is 7.11 Å². The van der Waals surface area contributed by atoms with Crippen LogP contribution in [0.1, 0.15) is 29.8 Å². The SMILES string of the molecule is CCN(CC)C(=O)c1ccc(OC)c(S(=O)(=O)NCc2ccccc2)c1. The predicted octanol–water partition coefficient (Wildman–Crippen LogP) is 2.66. The molecule has 7 heteroatoms. The third-order valence-corrected chi connectivity index (χ3v) is 5.48. The number of nitrogens with one attached hydrogen (secondary N) is 1. The molecule has 26 heavy (non-hydrogen) atoms. The summed E-state index contributed by atoms with van der Waals surface area (Å²) in [6, 6.07) is 13.7. The Morgan fingerprint density at radius 3 is 2.31 bits per heavy atom. The Balaban J connectivity index is 2.33. The predicted molar refractivity (Wildman–Crippen MR) is 101 cm³/mol. The molecule has 6 nitrogen and oxygen atoms in total. The van der Waals surface area contributed by atoms with E-state index in [1.807, 2.05) is 44.2 Å². The summed E-state index contributed by atoms with van der Waals surface area (Å²) in [4.78, 5) is 14.1. The van der Waals surface area contributed by atoms with E-state index in [1.54, 1.807) is 11.0 Å². The summed E-state index contributed by atoms with van der Waals surface area (Å²) in [6.45, 7) is 5.01. The van der Waals surface area contributed by atoms with Gasteiger partial charge in [-0.15, -0.1) is 0 Å². The zero-order valence-corrected chi connectivity index (χ0v) is 16.0. The van der Waals surface area contributed by atoms with Crippen LogP contribution in [0.5, 0.6) is 5.75 Å². The van der Waals surface area contributed by atoms with Crippen molar-refractivity contribution in [1.29, 1.82) is 0 Å². The first kappa shape index (κ1) is 19.9. The van der Waals surface area contributed by atoms with Crippen LogP contribution in [0.25, 0.3) is 0 Å². The Labute approximate surface area is 154 Å². The van der Waals surface area contributed by atoms with Crippen molar-refractivity contribution >= 4 is 15.9 Å². The lowest BCUT2D eigenvalue weighted by Gasteiger charge is -2.19. The lowest BCUT2D eigenvalue weighted by Crippen LogP contribution is -2.31. The topological polar surface area (TPSA) is 75.7 Å². The average molecular weight is 376 g/mol. The normalized spacial score (nSPS) is 11.2. The molecule has 0 aliphatic heterocycles. The number of amides is 1. The lowest BCUT2D eigenvalue weighted by molar-refractivity contribution is 0.0772. The van der Waals surface area contributed by atoms with Crippen LogP contribution in [0.4, 0.5) is 0 Å². The van der Waals surface area contributed by atoms with Crippen molar-refractivity contribution in [2.45, 2.75) is 25.3 Å². The minimum atomic E-state index is -3.84. The van der Waals surface area contributed by atoms with E-state index < -0.39 is 10.0 Å². The number of hydrogen-bond donors (Lipinski definition) is 1. The fraction of sp³-hybridized carbons (Fsp3) is 0.316. The number of sulfonamides is 1. The summed E-state index contributed by atoms with van der Waals surface area (Å²) in [7, 11) is -2.44. The van der Waals surface area contributed by atoms with Crippen molar-refractivity contribution in [2.75, 3.05) is 20.2 Å². The summed E-state index contributed by atoms with van der Waals surface area (Å²) >= 11 is 0. The Hall–Kier alpha value is -2.38. The summed E-state index contributed by atoms with van der Waals surface area (Å²) in [5, 5.41) is 0. The van der Waals surface area contributed by atoms with E-state index >= 15 is 0 Å². The molecule has 0 fully saturated rings. The first-order valence-corrected chi connectivity index (χ1v) is 9.92. The second-order valence-electron chi connectivity index (χ2n) is 5.65. The third kappa shape index (κ3) is 4.62. The maximum atomic E-state index is 12.8. The molecule has 0 atom stereocenters. The zero-order valence-electron chi connectivity index (χ0n) is 15.2. The monoisotopic (exact) mass is 376 g/mol. The Morgan fingerprint density at radius 2 is 1.73 bits per heavy atom. The minimum absolute atomic E-state index is 0.0473. The second-order valence-corrected chi connectivity index (χ2v) is 7.39. The van der Waals surface area contributed by atoms with E-state index in [-0.39, 0.29) is 23.1 Å². The molecule has 2 aromatic carbocycles. The number of ether oxygens (including phenoxy) is 1. The van der Waals surface area contributed by atoms with Crippen LogP contribution in [0.15, 0.2) is 53.4 Å². The number of nitrogens with zero attached hydrogens (tertiary/aromatic N) is 1. The number of carbonyl (C=O) groups is 1. The molecule has 0 unspecified atom stereocenters. The molecule has 1 amide bonds. The van der Waals surface area contributed by atoms with Gasteiger partial charge in [-0.3, -0.25) is 4.79 Å². The van der Waals surface area contributed by atoms with Crippen LogP contribution >= 0.6 is 0 Å². The molecule has 0 radical (unpaired) electrons. The molecule has 0 aliphatic carbocycles. The van der Waals surface area contributed by atoms with Crippen molar-refractivity contribution in [3.05, 3.63) is 59.7 Å². The van der Waals surface area contributed by atoms with Crippen LogP contribution in [-0.2, 0) is 16.6 Å². The highest BCUT2D eigenvalue weighted by molar-refractivity contribution is 7.89. The fourth-order valence-electron chi connectivity index (χ4n) is 2.57. The molecule has 2 aromatic rings. The van der Waals surface area contributed by atoms with Gasteiger partial charge in [-0.25, -0.2) is 13.1 Å². The zero-order chi connectivity index (χ0) is 19.2. The first-order valence-electron chi connectivity index (χ1n) is 8.43. The molecule has 0 saturated carbocycles. The van der Waals surface area contributed by atoms with Gasteiger partial charge in [-0.1, -0.05) is 30.3 Å². The van der Waals surface area contributed by atoms with E-state index in [4.69, 9.17) is 4.74 Å². The minimum Gasteiger partial charge on any atom is -0.495 e. The maximum absolute atomic E-state index is 12.8.